The fraction of sp³-hybridized carbons (Fsp3) is 0.0500. The summed E-state index contributed by atoms with van der Waals surface area (Å²) in [6.07, 6.45) is 0. The molecule has 0 atom stereocenters. The fourth-order valence-electron chi connectivity index (χ4n) is 2.61. The SMILES string of the molecule is O=C(O)c1cc(S(=O)(=O)N(Cc2ccccc2)c2ccccc2)ccc1Cl. The summed E-state index contributed by atoms with van der Waals surface area (Å²) in [5, 5.41) is 9.24. The Hall–Kier alpha value is -2.83. The lowest BCUT2D eigenvalue weighted by molar-refractivity contribution is 0.0697. The topological polar surface area (TPSA) is 74.7 Å². The molecule has 0 heterocycles. The first-order valence-electron chi connectivity index (χ1n) is 8.04. The first kappa shape index (κ1) is 18.9. The Labute approximate surface area is 162 Å². The van der Waals surface area contributed by atoms with Gasteiger partial charge in [-0.3, -0.25) is 4.31 Å². The standard InChI is InChI=1S/C20H16ClNO4S/c21-19-12-11-17(13-18(19)20(23)24)27(25,26)22(16-9-5-2-6-10-16)14-15-7-3-1-4-8-15/h1-13H,14H2,(H,23,24). The molecule has 1 N–H and O–H groups in total. The van der Waals surface area contributed by atoms with Gasteiger partial charge in [-0.15, -0.1) is 0 Å². The van der Waals surface area contributed by atoms with Crippen molar-refractivity contribution in [3.05, 3.63) is 95.0 Å². The van der Waals surface area contributed by atoms with E-state index in [1.54, 1.807) is 30.3 Å². The van der Waals surface area contributed by atoms with E-state index >= 15 is 0 Å². The molecule has 7 heteroatoms. The summed E-state index contributed by atoms with van der Waals surface area (Å²) in [7, 11) is -4.01. The van der Waals surface area contributed by atoms with Crippen LogP contribution >= 0.6 is 11.6 Å². The van der Waals surface area contributed by atoms with Crippen molar-refractivity contribution in [2.75, 3.05) is 4.31 Å². The van der Waals surface area contributed by atoms with Gasteiger partial charge in [0.15, 0.2) is 0 Å². The molecule has 0 amide bonds. The third kappa shape index (κ3) is 4.13. The summed E-state index contributed by atoms with van der Waals surface area (Å²) in [6, 6.07) is 21.5. The van der Waals surface area contributed by atoms with Crippen LogP contribution in [0.4, 0.5) is 5.69 Å². The van der Waals surface area contributed by atoms with Crippen LogP contribution < -0.4 is 4.31 Å². The molecular weight excluding hydrogens is 386 g/mol. The van der Waals surface area contributed by atoms with Gasteiger partial charge in [-0.1, -0.05) is 60.1 Å². The molecule has 0 aromatic heterocycles. The molecule has 138 valence electrons. The van der Waals surface area contributed by atoms with Crippen molar-refractivity contribution in [1.29, 1.82) is 0 Å². The second-order valence-electron chi connectivity index (χ2n) is 5.78. The van der Waals surface area contributed by atoms with Crippen molar-refractivity contribution in [1.82, 2.24) is 0 Å². The maximum atomic E-state index is 13.3. The Balaban J connectivity index is 2.10. The quantitative estimate of drug-likeness (QED) is 0.662. The second-order valence-corrected chi connectivity index (χ2v) is 8.05. The van der Waals surface area contributed by atoms with Gasteiger partial charge in [-0.25, -0.2) is 13.2 Å². The number of aromatic carboxylic acids is 1. The molecule has 5 nitrogen and oxygen atoms in total. The van der Waals surface area contributed by atoms with Crippen LogP contribution in [0, 0.1) is 0 Å². The lowest BCUT2D eigenvalue weighted by atomic mass is 10.2. The van der Waals surface area contributed by atoms with E-state index in [1.807, 2.05) is 30.3 Å². The molecule has 0 bridgehead atoms. The van der Waals surface area contributed by atoms with Crippen LogP contribution in [0.15, 0.2) is 83.8 Å². The van der Waals surface area contributed by atoms with Gasteiger partial charge in [0.05, 0.1) is 27.7 Å². The third-order valence-corrected chi connectivity index (χ3v) is 6.07. The molecule has 3 aromatic carbocycles. The van der Waals surface area contributed by atoms with Gasteiger partial charge in [-0.05, 0) is 35.9 Å². The fourth-order valence-corrected chi connectivity index (χ4v) is 4.29. The maximum absolute atomic E-state index is 13.3. The Kier molecular flexibility index (Phi) is 5.48. The van der Waals surface area contributed by atoms with E-state index in [9.17, 15) is 18.3 Å². The van der Waals surface area contributed by atoms with Gasteiger partial charge in [-0.2, -0.15) is 0 Å². The van der Waals surface area contributed by atoms with Gasteiger partial charge in [0, 0.05) is 0 Å². The van der Waals surface area contributed by atoms with Crippen LogP contribution in [0.5, 0.6) is 0 Å². The van der Waals surface area contributed by atoms with Crippen molar-refractivity contribution in [2.24, 2.45) is 0 Å². The molecule has 27 heavy (non-hydrogen) atoms. The lowest BCUT2D eigenvalue weighted by Crippen LogP contribution is -2.30. The highest BCUT2D eigenvalue weighted by atomic mass is 35.5. The van der Waals surface area contributed by atoms with Crippen LogP contribution in [0.1, 0.15) is 15.9 Å². The van der Waals surface area contributed by atoms with Crippen LogP contribution in [-0.2, 0) is 16.6 Å². The van der Waals surface area contributed by atoms with Crippen LogP contribution in [0.25, 0.3) is 0 Å². The highest BCUT2D eigenvalue weighted by Gasteiger charge is 2.26. The number of halogens is 1. The minimum Gasteiger partial charge on any atom is -0.478 e. The number of hydrogen-bond acceptors (Lipinski definition) is 3. The predicted molar refractivity (Wildman–Crippen MR) is 105 cm³/mol. The molecular formula is C20H16ClNO4S. The van der Waals surface area contributed by atoms with Crippen LogP contribution in [0.2, 0.25) is 5.02 Å². The number of para-hydroxylation sites is 1. The maximum Gasteiger partial charge on any atom is 0.337 e. The lowest BCUT2D eigenvalue weighted by Gasteiger charge is -2.25. The van der Waals surface area contributed by atoms with Gasteiger partial charge >= 0.3 is 5.97 Å². The van der Waals surface area contributed by atoms with Gasteiger partial charge < -0.3 is 5.11 Å². The average molecular weight is 402 g/mol. The molecule has 0 saturated carbocycles. The van der Waals surface area contributed by atoms with Crippen LogP contribution in [-0.4, -0.2) is 19.5 Å². The zero-order chi connectivity index (χ0) is 19.4. The summed E-state index contributed by atoms with van der Waals surface area (Å²) in [6.45, 7) is 0.109. The van der Waals surface area contributed by atoms with Crippen LogP contribution in [0.3, 0.4) is 0 Å². The van der Waals surface area contributed by atoms with E-state index in [0.717, 1.165) is 11.6 Å². The van der Waals surface area contributed by atoms with E-state index in [-0.39, 0.29) is 22.0 Å². The summed E-state index contributed by atoms with van der Waals surface area (Å²) < 4.78 is 27.9. The van der Waals surface area contributed by atoms with Crippen molar-refractivity contribution in [3.8, 4) is 0 Å². The number of anilines is 1. The largest absolute Gasteiger partial charge is 0.478 e. The van der Waals surface area contributed by atoms with E-state index in [2.05, 4.69) is 0 Å². The van der Waals surface area contributed by atoms with E-state index in [0.29, 0.717) is 5.69 Å². The number of carboxylic acids is 1. The molecule has 0 radical (unpaired) electrons. The van der Waals surface area contributed by atoms with E-state index in [4.69, 9.17) is 11.6 Å². The summed E-state index contributed by atoms with van der Waals surface area (Å²) in [5.41, 5.74) is 1.02. The normalized spacial score (nSPS) is 11.1. The molecule has 0 aliphatic heterocycles. The summed E-state index contributed by atoms with van der Waals surface area (Å²) in [5.74, 6) is -1.29. The monoisotopic (exact) mass is 401 g/mol. The Morgan fingerprint density at radius 3 is 2.11 bits per heavy atom. The molecule has 0 unspecified atom stereocenters. The van der Waals surface area contributed by atoms with Gasteiger partial charge in [0.1, 0.15) is 0 Å². The zero-order valence-electron chi connectivity index (χ0n) is 14.1. The smallest absolute Gasteiger partial charge is 0.337 e. The van der Waals surface area contributed by atoms with Crippen molar-refractivity contribution >= 4 is 33.3 Å². The minimum atomic E-state index is -4.01. The first-order chi connectivity index (χ1) is 12.9. The Bertz CT molecular complexity index is 1050. The second kappa shape index (κ2) is 7.82. The number of benzene rings is 3. The van der Waals surface area contributed by atoms with Crippen molar-refractivity contribution < 1.29 is 18.3 Å². The molecule has 3 aromatic rings. The highest BCUT2D eigenvalue weighted by Crippen LogP contribution is 2.28. The zero-order valence-corrected chi connectivity index (χ0v) is 15.7. The average Bonchev–Trinajstić information content (AvgIpc) is 2.67. The molecule has 0 fully saturated rings. The molecule has 3 rings (SSSR count). The number of nitrogens with zero attached hydrogens (tertiary/aromatic N) is 1. The van der Waals surface area contributed by atoms with Gasteiger partial charge in [0.25, 0.3) is 10.0 Å². The highest BCUT2D eigenvalue weighted by molar-refractivity contribution is 7.92. The molecule has 0 spiro atoms. The third-order valence-electron chi connectivity index (χ3n) is 3.97. The summed E-state index contributed by atoms with van der Waals surface area (Å²) >= 11 is 5.88. The number of carboxylic acid groups (broad SMARTS) is 1. The first-order valence-corrected chi connectivity index (χ1v) is 9.86. The number of hydrogen-bond donors (Lipinski definition) is 1. The molecule has 0 aliphatic carbocycles. The van der Waals surface area contributed by atoms with E-state index < -0.39 is 16.0 Å². The Morgan fingerprint density at radius 2 is 1.52 bits per heavy atom. The molecule has 0 saturated heterocycles. The predicted octanol–water partition coefficient (Wildman–Crippen LogP) is 4.43. The van der Waals surface area contributed by atoms with Crippen molar-refractivity contribution in [2.45, 2.75) is 11.4 Å². The summed E-state index contributed by atoms with van der Waals surface area (Å²) in [4.78, 5) is 11.2. The number of rotatable bonds is 6. The minimum absolute atomic E-state index is 0.0178. The van der Waals surface area contributed by atoms with Crippen molar-refractivity contribution in [3.63, 3.8) is 0 Å². The number of carbonyl (C=O) groups is 1. The molecule has 0 aliphatic rings. The number of sulfonamides is 1. The van der Waals surface area contributed by atoms with E-state index in [1.165, 1.54) is 16.4 Å². The Morgan fingerprint density at radius 1 is 0.926 bits per heavy atom. The van der Waals surface area contributed by atoms with Gasteiger partial charge in [0.2, 0.25) is 0 Å².